The zero-order valence-electron chi connectivity index (χ0n) is 11.3. The quantitative estimate of drug-likeness (QED) is 0.692. The van der Waals surface area contributed by atoms with Gasteiger partial charge in [0.1, 0.15) is 0 Å². The largest absolute Gasteiger partial charge is 0.328 e. The van der Waals surface area contributed by atoms with E-state index in [0.717, 1.165) is 0 Å². The summed E-state index contributed by atoms with van der Waals surface area (Å²) in [5.41, 5.74) is 5.63. The average Bonchev–Trinajstić information content (AvgIpc) is 2.33. The topological polar surface area (TPSA) is 38.0 Å². The number of alkyl halides is 2. The second-order valence-corrected chi connectivity index (χ2v) is 4.50. The molecule has 2 fully saturated rings. The number of rotatable bonds is 0. The molecule has 0 atom stereocenters. The molecular weight excluding hydrogens is 222 g/mol. The summed E-state index contributed by atoms with van der Waals surface area (Å²) in [5, 5.41) is 2.86. The summed E-state index contributed by atoms with van der Waals surface area (Å²) >= 11 is 0. The molecule has 17 heavy (non-hydrogen) atoms. The normalized spacial score (nSPS) is 23.8. The van der Waals surface area contributed by atoms with Gasteiger partial charge in [0.2, 0.25) is 0 Å². The molecule has 1 saturated heterocycles. The molecule has 0 bridgehead atoms. The molecule has 0 aromatic carbocycles. The van der Waals surface area contributed by atoms with Crippen molar-refractivity contribution in [2.45, 2.75) is 70.8 Å². The second kappa shape index (κ2) is 9.77. The third-order valence-corrected chi connectivity index (χ3v) is 2.98. The first kappa shape index (κ1) is 16.8. The molecule has 0 amide bonds. The van der Waals surface area contributed by atoms with Crippen LogP contribution in [0.5, 0.6) is 0 Å². The maximum Gasteiger partial charge on any atom is 0.250 e. The Morgan fingerprint density at radius 2 is 1.47 bits per heavy atom. The fourth-order valence-corrected chi connectivity index (χ4v) is 1.93. The molecule has 104 valence electrons. The molecule has 3 N–H and O–H groups in total. The van der Waals surface area contributed by atoms with Crippen molar-refractivity contribution in [3.05, 3.63) is 0 Å². The van der Waals surface area contributed by atoms with E-state index in [9.17, 15) is 8.78 Å². The molecule has 4 heteroatoms. The van der Waals surface area contributed by atoms with Gasteiger partial charge in [-0.25, -0.2) is 8.78 Å². The van der Waals surface area contributed by atoms with Crippen molar-refractivity contribution in [1.29, 1.82) is 0 Å². The van der Waals surface area contributed by atoms with Gasteiger partial charge in [0, 0.05) is 32.0 Å². The predicted octanol–water partition coefficient (Wildman–Crippen LogP) is 3.31. The highest BCUT2D eigenvalue weighted by molar-refractivity contribution is 4.73. The van der Waals surface area contributed by atoms with Crippen molar-refractivity contribution in [3.63, 3.8) is 0 Å². The van der Waals surface area contributed by atoms with Crippen LogP contribution in [-0.4, -0.2) is 25.1 Å². The van der Waals surface area contributed by atoms with Crippen molar-refractivity contribution < 1.29 is 8.78 Å². The van der Waals surface area contributed by atoms with Crippen LogP contribution in [0, 0.1) is 0 Å². The first-order valence-electron chi connectivity index (χ1n) is 6.94. The van der Waals surface area contributed by atoms with Gasteiger partial charge in [-0.2, -0.15) is 0 Å². The lowest BCUT2D eigenvalue weighted by Crippen LogP contribution is -2.35. The van der Waals surface area contributed by atoms with Gasteiger partial charge in [-0.05, 0) is 12.8 Å². The van der Waals surface area contributed by atoms with Crippen molar-refractivity contribution in [3.8, 4) is 0 Å². The number of nitrogens with two attached hydrogens (primary N) is 1. The molecular formula is C13H28F2N2. The minimum absolute atomic E-state index is 0.00694. The minimum Gasteiger partial charge on any atom is -0.328 e. The van der Waals surface area contributed by atoms with Crippen LogP contribution in [0.3, 0.4) is 0 Å². The van der Waals surface area contributed by atoms with Crippen LogP contribution in [0.1, 0.15) is 58.8 Å². The summed E-state index contributed by atoms with van der Waals surface area (Å²) in [7, 11) is 0. The zero-order valence-corrected chi connectivity index (χ0v) is 11.3. The molecule has 2 aliphatic rings. The van der Waals surface area contributed by atoms with Crippen LogP contribution in [0.15, 0.2) is 0 Å². The standard InChI is InChI=1S/C6H13N.C5H9F2N.C2H6/c7-6-4-2-1-3-5-6;6-5(7)1-3-8-4-2-5;1-2/h6H,1-5,7H2;8H,1-4H2;1-2H3. The van der Waals surface area contributed by atoms with Crippen molar-refractivity contribution in [1.82, 2.24) is 5.32 Å². The van der Waals surface area contributed by atoms with Crippen molar-refractivity contribution >= 4 is 0 Å². The maximum absolute atomic E-state index is 12.2. The molecule has 1 aliphatic heterocycles. The van der Waals surface area contributed by atoms with E-state index in [1.165, 1.54) is 32.1 Å². The van der Waals surface area contributed by atoms with E-state index in [0.29, 0.717) is 19.1 Å². The van der Waals surface area contributed by atoms with E-state index in [4.69, 9.17) is 5.73 Å². The van der Waals surface area contributed by atoms with Gasteiger partial charge < -0.3 is 11.1 Å². The number of halogens is 2. The first-order valence-corrected chi connectivity index (χ1v) is 6.94. The predicted molar refractivity (Wildman–Crippen MR) is 69.5 cm³/mol. The molecule has 0 aromatic heterocycles. The van der Waals surface area contributed by atoms with Gasteiger partial charge >= 0.3 is 0 Å². The number of nitrogens with one attached hydrogen (secondary N) is 1. The average molecular weight is 250 g/mol. The highest BCUT2D eigenvalue weighted by Gasteiger charge is 2.30. The molecule has 0 radical (unpaired) electrons. The lowest BCUT2D eigenvalue weighted by atomic mass is 9.97. The van der Waals surface area contributed by atoms with Crippen LogP contribution in [0.4, 0.5) is 8.78 Å². The maximum atomic E-state index is 12.2. The molecule has 1 saturated carbocycles. The summed E-state index contributed by atoms with van der Waals surface area (Å²) in [6.07, 6.45) is 6.68. The van der Waals surface area contributed by atoms with E-state index in [2.05, 4.69) is 5.32 Å². The SMILES string of the molecule is CC.FC1(F)CCNCC1.NC1CCCCC1. The lowest BCUT2D eigenvalue weighted by Gasteiger charge is -2.21. The monoisotopic (exact) mass is 250 g/mol. The fraction of sp³-hybridized carbons (Fsp3) is 1.00. The zero-order chi connectivity index (χ0) is 13.1. The van der Waals surface area contributed by atoms with Gasteiger partial charge in [0.05, 0.1) is 0 Å². The van der Waals surface area contributed by atoms with Crippen molar-refractivity contribution in [2.24, 2.45) is 5.73 Å². The summed E-state index contributed by atoms with van der Waals surface area (Å²) in [5.74, 6) is -2.38. The molecule has 1 heterocycles. The smallest absolute Gasteiger partial charge is 0.250 e. The van der Waals surface area contributed by atoms with E-state index >= 15 is 0 Å². The van der Waals surface area contributed by atoms with E-state index in [-0.39, 0.29) is 12.8 Å². The van der Waals surface area contributed by atoms with Crippen LogP contribution in [0.2, 0.25) is 0 Å². The Bertz CT molecular complexity index is 161. The van der Waals surface area contributed by atoms with Crippen LogP contribution < -0.4 is 11.1 Å². The summed E-state index contributed by atoms with van der Waals surface area (Å²) in [6.45, 7) is 4.93. The molecule has 2 rings (SSSR count). The number of piperidine rings is 1. The van der Waals surface area contributed by atoms with Crippen LogP contribution >= 0.6 is 0 Å². The minimum atomic E-state index is -2.38. The molecule has 0 spiro atoms. The van der Waals surface area contributed by atoms with Crippen LogP contribution in [0.25, 0.3) is 0 Å². The second-order valence-electron chi connectivity index (χ2n) is 4.50. The Balaban J connectivity index is 0.000000265. The van der Waals surface area contributed by atoms with Gasteiger partial charge in [-0.3, -0.25) is 0 Å². The first-order chi connectivity index (χ1) is 8.10. The van der Waals surface area contributed by atoms with E-state index in [1.54, 1.807) is 0 Å². The summed E-state index contributed by atoms with van der Waals surface area (Å²) in [6, 6.07) is 0.536. The molecule has 0 unspecified atom stereocenters. The fourth-order valence-electron chi connectivity index (χ4n) is 1.93. The summed E-state index contributed by atoms with van der Waals surface area (Å²) < 4.78 is 24.3. The lowest BCUT2D eigenvalue weighted by molar-refractivity contribution is -0.0274. The third-order valence-electron chi connectivity index (χ3n) is 2.98. The Kier molecular flexibility index (Phi) is 9.65. The van der Waals surface area contributed by atoms with Gasteiger partial charge in [-0.1, -0.05) is 33.1 Å². The van der Waals surface area contributed by atoms with E-state index in [1.807, 2.05) is 13.8 Å². The summed E-state index contributed by atoms with van der Waals surface area (Å²) in [4.78, 5) is 0. The highest BCUT2D eigenvalue weighted by atomic mass is 19.3. The molecule has 1 aliphatic carbocycles. The van der Waals surface area contributed by atoms with Gasteiger partial charge in [-0.15, -0.1) is 0 Å². The Hall–Kier alpha value is -0.220. The Labute approximate surface area is 104 Å². The van der Waals surface area contributed by atoms with E-state index < -0.39 is 5.92 Å². The van der Waals surface area contributed by atoms with Gasteiger partial charge in [0.15, 0.2) is 0 Å². The molecule has 0 aromatic rings. The number of hydrogen-bond acceptors (Lipinski definition) is 2. The third kappa shape index (κ3) is 9.48. The van der Waals surface area contributed by atoms with Crippen molar-refractivity contribution in [2.75, 3.05) is 13.1 Å². The van der Waals surface area contributed by atoms with Crippen LogP contribution in [-0.2, 0) is 0 Å². The molecule has 2 nitrogen and oxygen atoms in total. The van der Waals surface area contributed by atoms with Gasteiger partial charge in [0.25, 0.3) is 5.92 Å². The highest BCUT2D eigenvalue weighted by Crippen LogP contribution is 2.23. The number of hydrogen-bond donors (Lipinski definition) is 2. The Morgan fingerprint density at radius 3 is 1.71 bits per heavy atom. The Morgan fingerprint density at radius 1 is 1.00 bits per heavy atom.